The van der Waals surface area contributed by atoms with Crippen molar-refractivity contribution in [2.24, 2.45) is 23.5 Å². The fourth-order valence-electron chi connectivity index (χ4n) is 10.6. The van der Waals surface area contributed by atoms with Gasteiger partial charge in [0.2, 0.25) is 23.6 Å². The Morgan fingerprint density at radius 2 is 0.899 bits per heavy atom. The topological polar surface area (TPSA) is 516 Å². The molecule has 3 aliphatic heterocycles. The Morgan fingerprint density at radius 3 is 1.31 bits per heavy atom. The number of rotatable bonds is 53. The molecule has 16 N–H and O–H groups in total. The number of aliphatic hydroxyl groups is 9. The first kappa shape index (κ1) is 91.0. The molecule has 3 aliphatic rings. The zero-order valence-electron chi connectivity index (χ0n) is 58.3. The largest absolute Gasteiger partial charge is 0.471 e. The lowest BCUT2D eigenvalue weighted by molar-refractivity contribution is -0.282. The quantitative estimate of drug-likeness (QED) is 0.0228. The van der Waals surface area contributed by atoms with Gasteiger partial charge in [-0.25, -0.2) is 4.57 Å². The van der Waals surface area contributed by atoms with Crippen molar-refractivity contribution in [2.75, 3.05) is 112 Å². The van der Waals surface area contributed by atoms with Crippen LogP contribution in [0.4, 0.5) is 0 Å². The van der Waals surface area contributed by atoms with Gasteiger partial charge in [0.1, 0.15) is 59.8 Å². The first-order chi connectivity index (χ1) is 47.2. The number of ketones is 4. The molecule has 3 rings (SSSR count). The van der Waals surface area contributed by atoms with Gasteiger partial charge in [-0.1, -0.05) is 40.5 Å². The highest BCUT2D eigenvalue weighted by Gasteiger charge is 2.45. The fraction of sp³-hybridized carbons (Fsp3) is 0.875. The first-order valence-electron chi connectivity index (χ1n) is 34.6. The highest BCUT2D eigenvalue weighted by Crippen LogP contribution is 2.42. The van der Waals surface area contributed by atoms with Crippen molar-refractivity contribution in [1.29, 1.82) is 0 Å². The molecular weight excluding hydrogens is 1330 g/mol. The van der Waals surface area contributed by atoms with E-state index in [2.05, 4.69) is 30.3 Å². The van der Waals surface area contributed by atoms with Gasteiger partial charge < -0.3 is 111 Å². The van der Waals surface area contributed by atoms with Gasteiger partial charge in [-0.05, 0) is 64.3 Å². The summed E-state index contributed by atoms with van der Waals surface area (Å²) in [5.41, 5.74) is 5.30. The summed E-state index contributed by atoms with van der Waals surface area (Å²) in [7, 11) is -2.61. The third-order valence-electron chi connectivity index (χ3n) is 16.8. The number of nitrogens with two attached hydrogens (primary N) is 1. The number of carbonyl (C=O) groups excluding carboxylic acids is 8. The number of phosphoric ester groups is 1. The number of nitrogens with one attached hydrogen (secondary N) is 4. The summed E-state index contributed by atoms with van der Waals surface area (Å²) in [6.07, 6.45) is -8.70. The maximum atomic E-state index is 14.2. The van der Waals surface area contributed by atoms with Crippen molar-refractivity contribution in [2.45, 2.75) is 230 Å². The van der Waals surface area contributed by atoms with E-state index in [9.17, 15) is 88.9 Å². The lowest BCUT2D eigenvalue weighted by atomic mass is 9.92. The van der Waals surface area contributed by atoms with Crippen LogP contribution >= 0.6 is 7.82 Å². The van der Waals surface area contributed by atoms with Crippen LogP contribution in [-0.4, -0.2) is 295 Å². The summed E-state index contributed by atoms with van der Waals surface area (Å²) < 4.78 is 58.8. The Morgan fingerprint density at radius 1 is 0.485 bits per heavy atom. The lowest BCUT2D eigenvalue weighted by Crippen LogP contribution is -2.55. The number of Topliss-reactive ketones (excluding diaryl/α,β-unsaturated/α-hetero) is 4. The van der Waals surface area contributed by atoms with Gasteiger partial charge in [0.05, 0.1) is 90.2 Å². The maximum absolute atomic E-state index is 14.2. The molecule has 35 heteroatoms. The van der Waals surface area contributed by atoms with E-state index in [1.807, 2.05) is 6.92 Å². The number of phosphoric acid groups is 1. The van der Waals surface area contributed by atoms with Crippen molar-refractivity contribution in [3.05, 3.63) is 0 Å². The van der Waals surface area contributed by atoms with Crippen molar-refractivity contribution in [1.82, 2.24) is 26.2 Å². The zero-order valence-corrected chi connectivity index (χ0v) is 59.2. The number of aliphatic hydroxyl groups excluding tert-OH is 9. The van der Waals surface area contributed by atoms with Crippen LogP contribution in [0.3, 0.4) is 0 Å². The predicted molar refractivity (Wildman–Crippen MR) is 352 cm³/mol. The number of hydrogen-bond acceptors (Lipinski definition) is 29. The number of amides is 4. The van der Waals surface area contributed by atoms with E-state index in [0.717, 1.165) is 39.2 Å². The second-order valence-corrected chi connectivity index (χ2v) is 26.6. The van der Waals surface area contributed by atoms with Crippen LogP contribution in [0.25, 0.3) is 0 Å². The Hall–Kier alpha value is -4.05. The van der Waals surface area contributed by atoms with Crippen molar-refractivity contribution in [3.8, 4) is 0 Å². The molecule has 0 aromatic rings. The summed E-state index contributed by atoms with van der Waals surface area (Å²) in [5, 5.41) is 100. The molecule has 0 aromatic carbocycles. The van der Waals surface area contributed by atoms with E-state index in [1.165, 1.54) is 4.90 Å². The molecule has 0 spiro atoms. The number of carbonyl (C=O) groups is 8. The van der Waals surface area contributed by atoms with E-state index >= 15 is 0 Å². The minimum absolute atomic E-state index is 0.00888. The SMILES string of the molecule is CCCOCCCC(=O)CCCC(=O)CCC(C(=O)NCC(=O)NCCCO[C@@H]1OC(CO)[C@H](O)[C@H](O)C1C)N(CC(=O)CCC(=O)NCCCO[C@@H]1OC(CO)[C@H](O)[C@H](O)C1C)CC(=O)CCC(=O)NCCCO[C@@H]1OC(CO)[C@H](O)[C@H](O)C1C.COP(=O)(O)OCCCCCCN. The van der Waals surface area contributed by atoms with Crippen LogP contribution in [0.1, 0.15) is 150 Å². The third-order valence-corrected chi connectivity index (χ3v) is 17.8. The van der Waals surface area contributed by atoms with Crippen LogP contribution in [0.2, 0.25) is 0 Å². The van der Waals surface area contributed by atoms with Gasteiger partial charge in [-0.3, -0.25) is 52.3 Å². The highest BCUT2D eigenvalue weighted by molar-refractivity contribution is 7.47. The smallest absolute Gasteiger partial charge is 0.394 e. The molecule has 17 atom stereocenters. The predicted octanol–water partition coefficient (Wildman–Crippen LogP) is -2.17. The summed E-state index contributed by atoms with van der Waals surface area (Å²) >= 11 is 0. The number of ether oxygens (including phenoxy) is 7. The second kappa shape index (κ2) is 52.0. The molecular formula is C64H117N6O28P. The molecule has 34 nitrogen and oxygen atoms in total. The van der Waals surface area contributed by atoms with Crippen molar-refractivity contribution >= 4 is 54.6 Å². The zero-order chi connectivity index (χ0) is 73.9. The Kier molecular flexibility index (Phi) is 47.8. The number of unbranched alkanes of at least 4 members (excludes halogenated alkanes) is 3. The molecule has 99 heavy (non-hydrogen) atoms. The van der Waals surface area contributed by atoms with Gasteiger partial charge in [0, 0.05) is 109 Å². The maximum Gasteiger partial charge on any atom is 0.471 e. The van der Waals surface area contributed by atoms with Crippen LogP contribution < -0.4 is 27.0 Å². The van der Waals surface area contributed by atoms with E-state index < -0.39 is 180 Å². The summed E-state index contributed by atoms with van der Waals surface area (Å²) in [4.78, 5) is 117. The molecule has 0 aromatic heterocycles. The van der Waals surface area contributed by atoms with E-state index in [1.54, 1.807) is 20.8 Å². The average molecular weight is 1450 g/mol. The van der Waals surface area contributed by atoms with Gasteiger partial charge in [0.25, 0.3) is 0 Å². The molecule has 3 saturated heterocycles. The summed E-state index contributed by atoms with van der Waals surface area (Å²) in [6.45, 7) is 5.86. The second-order valence-electron chi connectivity index (χ2n) is 25.0. The summed E-state index contributed by atoms with van der Waals surface area (Å²) in [6, 6.07) is -1.38. The molecule has 576 valence electrons. The Labute approximate surface area is 580 Å². The fourth-order valence-corrected chi connectivity index (χ4v) is 11.1. The number of hydrogen-bond donors (Lipinski definition) is 15. The molecule has 4 amide bonds. The van der Waals surface area contributed by atoms with Crippen LogP contribution in [0, 0.1) is 17.8 Å². The number of nitrogens with zero attached hydrogens (tertiary/aromatic N) is 1. The van der Waals surface area contributed by atoms with E-state index in [-0.39, 0.29) is 141 Å². The third kappa shape index (κ3) is 36.8. The first-order valence-corrected chi connectivity index (χ1v) is 36.1. The molecule has 0 saturated carbocycles. The molecule has 3 heterocycles. The van der Waals surface area contributed by atoms with E-state index in [4.69, 9.17) is 43.8 Å². The minimum Gasteiger partial charge on any atom is -0.394 e. The normalized spacial score (nSPS) is 26.3. The average Bonchev–Trinajstić information content (AvgIpc) is 0.842. The van der Waals surface area contributed by atoms with Crippen LogP contribution in [0.15, 0.2) is 0 Å². The van der Waals surface area contributed by atoms with Crippen molar-refractivity contribution in [3.63, 3.8) is 0 Å². The monoisotopic (exact) mass is 1450 g/mol. The molecule has 0 radical (unpaired) electrons. The molecule has 3 fully saturated rings. The van der Waals surface area contributed by atoms with E-state index in [0.29, 0.717) is 26.2 Å². The van der Waals surface area contributed by atoms with Gasteiger partial charge in [-0.2, -0.15) is 0 Å². The Balaban J connectivity index is 0.00000230. The van der Waals surface area contributed by atoms with Gasteiger partial charge in [-0.15, -0.1) is 0 Å². The standard InChI is InChI=1S/C57H99N5O24.C7H18NO4P/c1-5-23-80-24-7-13-37(66)11-6-12-38(67)14-17-41(54(79)61-28-47(72)60-22-10-27-83-57-36(4)50(75)53(78)44(33-65)86-57)62(29-39(68)15-18-45(70)58-20-8-25-81-55-34(2)48(73)51(76)42(31-63)84-55)30-40(69)16-19-46(71)59-21-9-26-82-56-35(3)49(74)52(77)43(32-64)85-56;1-11-13(9,10)12-7-5-3-2-4-6-8/h34-36,41-44,48-53,55-57,63-65,73-78H,5-33H2,1-4H3,(H,58,70)(H,59,71)(H,60,72)(H,61,79);2-8H2,1H3,(H,9,10)/t34?,35?,36?,41?,42?,43?,44?,48-,49-,50-,51+,52+,53+,55-,56-,57-;/m1./s1. The minimum atomic E-state index is -3.75. The summed E-state index contributed by atoms with van der Waals surface area (Å²) in [5.74, 6) is -5.88. The Bertz CT molecular complexity index is 2290. The lowest BCUT2D eigenvalue weighted by Gasteiger charge is -2.40. The highest BCUT2D eigenvalue weighted by atomic mass is 31.2. The van der Waals surface area contributed by atoms with Crippen LogP contribution in [0.5, 0.6) is 0 Å². The van der Waals surface area contributed by atoms with Gasteiger partial charge >= 0.3 is 7.82 Å². The molecule has 8 unspecified atom stereocenters. The molecule has 0 bridgehead atoms. The van der Waals surface area contributed by atoms with Gasteiger partial charge in [0.15, 0.2) is 18.9 Å². The van der Waals surface area contributed by atoms with Crippen LogP contribution in [-0.2, 0) is 85.1 Å². The molecule has 0 aliphatic carbocycles. The van der Waals surface area contributed by atoms with Crippen molar-refractivity contribution < 1.29 is 136 Å².